The van der Waals surface area contributed by atoms with E-state index in [1.165, 1.54) is 22.5 Å². The minimum atomic E-state index is -3.64. The van der Waals surface area contributed by atoms with Gasteiger partial charge in [-0.05, 0) is 68.4 Å². The number of hydrogen-bond acceptors (Lipinski definition) is 4. The molecule has 1 atom stereocenters. The molecule has 0 heterocycles. The summed E-state index contributed by atoms with van der Waals surface area (Å²) in [7, 11) is -2.14. The number of likely N-dealkylation sites (N-methyl/N-ethyl adjacent to an activating group) is 1. The van der Waals surface area contributed by atoms with E-state index in [-0.39, 0.29) is 17.0 Å². The van der Waals surface area contributed by atoms with Crippen molar-refractivity contribution in [3.63, 3.8) is 0 Å². The molecule has 1 aliphatic carbocycles. The van der Waals surface area contributed by atoms with Crippen molar-refractivity contribution in [3.05, 3.63) is 64.1 Å². The quantitative estimate of drug-likeness (QED) is 0.558. The summed E-state index contributed by atoms with van der Waals surface area (Å²) in [4.78, 5) is 0.209. The van der Waals surface area contributed by atoms with E-state index in [0.29, 0.717) is 16.9 Å². The van der Waals surface area contributed by atoms with Gasteiger partial charge in [-0.15, -0.1) is 0 Å². The van der Waals surface area contributed by atoms with Crippen molar-refractivity contribution >= 4 is 26.0 Å². The number of aliphatic hydroxyl groups excluding tert-OH is 1. The van der Waals surface area contributed by atoms with Gasteiger partial charge >= 0.3 is 0 Å². The fourth-order valence-corrected chi connectivity index (χ4v) is 6.05. The second kappa shape index (κ2) is 9.49. The molecule has 0 aromatic heterocycles. The van der Waals surface area contributed by atoms with E-state index in [2.05, 4.69) is 59.4 Å². The number of nitrogens with one attached hydrogen (secondary N) is 1. The summed E-state index contributed by atoms with van der Waals surface area (Å²) in [6.07, 6.45) is 2.40. The molecule has 0 aliphatic heterocycles. The standard InChI is InChI=1S/C23H31BrN2O3S/c1-23(2,14-17-11-18-7-4-5-8-19(18)12-17)25-15-21(27)16-26(3)30(28,29)22-10-6-9-20(24)13-22/h4-10,13,17,21,25,27H,11-12,14-16H2,1-3H3. The third-order valence-electron chi connectivity index (χ3n) is 5.72. The zero-order valence-corrected chi connectivity index (χ0v) is 20.2. The minimum absolute atomic E-state index is 0.0345. The van der Waals surface area contributed by atoms with E-state index in [0.717, 1.165) is 19.3 Å². The number of aliphatic hydroxyl groups is 1. The molecule has 0 saturated heterocycles. The molecule has 2 aromatic rings. The Balaban J connectivity index is 1.50. The van der Waals surface area contributed by atoms with Gasteiger partial charge in [0, 0.05) is 30.1 Å². The summed E-state index contributed by atoms with van der Waals surface area (Å²) in [6, 6.07) is 15.2. The average molecular weight is 495 g/mol. The Morgan fingerprint density at radius 1 is 1.17 bits per heavy atom. The first kappa shape index (κ1) is 23.4. The Morgan fingerprint density at radius 2 is 1.80 bits per heavy atom. The lowest BCUT2D eigenvalue weighted by atomic mass is 9.88. The van der Waals surface area contributed by atoms with Crippen molar-refractivity contribution in [2.45, 2.75) is 49.6 Å². The van der Waals surface area contributed by atoms with Gasteiger partial charge in [-0.3, -0.25) is 0 Å². The SMILES string of the molecule is CN(CC(O)CNC(C)(C)CC1Cc2ccccc2C1)S(=O)(=O)c1cccc(Br)c1. The van der Waals surface area contributed by atoms with Gasteiger partial charge in [0.25, 0.3) is 0 Å². The first-order chi connectivity index (χ1) is 14.1. The Labute approximate surface area is 188 Å². The van der Waals surface area contributed by atoms with Gasteiger partial charge in [-0.2, -0.15) is 4.31 Å². The number of hydrogen-bond donors (Lipinski definition) is 2. The lowest BCUT2D eigenvalue weighted by molar-refractivity contribution is 0.135. The van der Waals surface area contributed by atoms with Crippen LogP contribution in [0.15, 0.2) is 57.9 Å². The van der Waals surface area contributed by atoms with Crippen LogP contribution in [-0.2, 0) is 22.9 Å². The maximum atomic E-state index is 12.7. The molecule has 0 amide bonds. The molecular formula is C23H31BrN2O3S. The number of β-amino-alcohol motifs (C(OH)–C–C–N with tert-alkyl or cyclic N) is 1. The fourth-order valence-electron chi connectivity index (χ4n) is 4.25. The second-order valence-corrected chi connectivity index (χ2v) is 11.9. The number of benzene rings is 2. The van der Waals surface area contributed by atoms with Gasteiger partial charge < -0.3 is 10.4 Å². The van der Waals surface area contributed by atoms with Crippen molar-refractivity contribution < 1.29 is 13.5 Å². The lowest BCUT2D eigenvalue weighted by Gasteiger charge is -2.31. The van der Waals surface area contributed by atoms with Crippen molar-refractivity contribution in [1.82, 2.24) is 9.62 Å². The number of halogens is 1. The van der Waals surface area contributed by atoms with E-state index in [1.54, 1.807) is 24.3 Å². The van der Waals surface area contributed by atoms with Crippen molar-refractivity contribution in [2.24, 2.45) is 5.92 Å². The molecule has 3 rings (SSSR count). The lowest BCUT2D eigenvalue weighted by Crippen LogP contribution is -2.47. The van der Waals surface area contributed by atoms with Crippen LogP contribution in [0.2, 0.25) is 0 Å². The van der Waals surface area contributed by atoms with Crippen molar-refractivity contribution in [3.8, 4) is 0 Å². The molecule has 2 N–H and O–H groups in total. The average Bonchev–Trinajstić information content (AvgIpc) is 3.08. The van der Waals surface area contributed by atoms with Crippen molar-refractivity contribution in [1.29, 1.82) is 0 Å². The molecule has 0 spiro atoms. The first-order valence-electron chi connectivity index (χ1n) is 10.3. The highest BCUT2D eigenvalue weighted by Crippen LogP contribution is 2.31. The molecule has 1 unspecified atom stereocenters. The highest BCUT2D eigenvalue weighted by Gasteiger charge is 2.29. The largest absolute Gasteiger partial charge is 0.390 e. The third-order valence-corrected chi connectivity index (χ3v) is 8.04. The van der Waals surface area contributed by atoms with E-state index < -0.39 is 16.1 Å². The first-order valence-corrected chi connectivity index (χ1v) is 12.5. The highest BCUT2D eigenvalue weighted by atomic mass is 79.9. The molecule has 0 radical (unpaired) electrons. The molecule has 1 aliphatic rings. The van der Waals surface area contributed by atoms with Gasteiger partial charge in [0.2, 0.25) is 10.0 Å². The summed E-state index contributed by atoms with van der Waals surface area (Å²) in [5.41, 5.74) is 2.74. The number of rotatable bonds is 9. The molecular weight excluding hydrogens is 464 g/mol. The zero-order chi connectivity index (χ0) is 21.9. The molecule has 2 aromatic carbocycles. The van der Waals surface area contributed by atoms with Crippen molar-refractivity contribution in [2.75, 3.05) is 20.1 Å². The topological polar surface area (TPSA) is 69.6 Å². The van der Waals surface area contributed by atoms with Gasteiger partial charge in [0.15, 0.2) is 0 Å². The molecule has 0 bridgehead atoms. The fraction of sp³-hybridized carbons (Fsp3) is 0.478. The Kier molecular flexibility index (Phi) is 7.40. The van der Waals surface area contributed by atoms with Crippen LogP contribution in [0, 0.1) is 5.92 Å². The summed E-state index contributed by atoms with van der Waals surface area (Å²) < 4.78 is 27.4. The maximum absolute atomic E-state index is 12.7. The smallest absolute Gasteiger partial charge is 0.242 e. The number of fused-ring (bicyclic) bond motifs is 1. The van der Waals surface area contributed by atoms with Crippen LogP contribution >= 0.6 is 15.9 Å². The molecule has 0 saturated carbocycles. The third kappa shape index (κ3) is 5.92. The number of sulfonamides is 1. The van der Waals surface area contributed by atoms with Gasteiger partial charge in [0.05, 0.1) is 11.0 Å². The predicted molar refractivity (Wildman–Crippen MR) is 124 cm³/mol. The zero-order valence-electron chi connectivity index (χ0n) is 17.8. The molecule has 0 fully saturated rings. The summed E-state index contributed by atoms with van der Waals surface area (Å²) in [5.74, 6) is 0.585. The van der Waals surface area contributed by atoms with Crippen LogP contribution in [0.4, 0.5) is 0 Å². The Bertz CT molecular complexity index is 953. The molecule has 30 heavy (non-hydrogen) atoms. The van der Waals surface area contributed by atoms with Crippen LogP contribution in [0.3, 0.4) is 0 Å². The van der Waals surface area contributed by atoms with Gasteiger partial charge in [-0.1, -0.05) is 46.3 Å². The molecule has 164 valence electrons. The molecule has 5 nitrogen and oxygen atoms in total. The van der Waals surface area contributed by atoms with Crippen LogP contribution in [0.1, 0.15) is 31.4 Å². The predicted octanol–water partition coefficient (Wildman–Crippen LogP) is 3.60. The van der Waals surface area contributed by atoms with E-state index >= 15 is 0 Å². The second-order valence-electron chi connectivity index (χ2n) is 8.91. The normalized spacial score (nSPS) is 16.1. The van der Waals surface area contributed by atoms with Crippen LogP contribution in [0.5, 0.6) is 0 Å². The van der Waals surface area contributed by atoms with E-state index in [1.807, 2.05) is 0 Å². The van der Waals surface area contributed by atoms with Gasteiger partial charge in [0.1, 0.15) is 0 Å². The van der Waals surface area contributed by atoms with Crippen LogP contribution in [0.25, 0.3) is 0 Å². The summed E-state index contributed by atoms with van der Waals surface area (Å²) in [5, 5.41) is 13.9. The van der Waals surface area contributed by atoms with Crippen LogP contribution in [-0.4, -0.2) is 49.6 Å². The molecule has 7 heteroatoms. The van der Waals surface area contributed by atoms with Crippen LogP contribution < -0.4 is 5.32 Å². The Morgan fingerprint density at radius 3 is 2.40 bits per heavy atom. The maximum Gasteiger partial charge on any atom is 0.242 e. The highest BCUT2D eigenvalue weighted by molar-refractivity contribution is 9.10. The van der Waals surface area contributed by atoms with E-state index in [9.17, 15) is 13.5 Å². The monoisotopic (exact) mass is 494 g/mol. The van der Waals surface area contributed by atoms with E-state index in [4.69, 9.17) is 0 Å². The number of nitrogens with zero attached hydrogens (tertiary/aromatic N) is 1. The minimum Gasteiger partial charge on any atom is -0.390 e. The van der Waals surface area contributed by atoms with Gasteiger partial charge in [-0.25, -0.2) is 8.42 Å². The summed E-state index contributed by atoms with van der Waals surface area (Å²) >= 11 is 3.30. The summed E-state index contributed by atoms with van der Waals surface area (Å²) in [6.45, 7) is 4.66. The Hall–Kier alpha value is -1.25.